The van der Waals surface area contributed by atoms with E-state index in [1.54, 1.807) is 41.3 Å². The second kappa shape index (κ2) is 12.6. The molecule has 11 heteroatoms. The van der Waals surface area contributed by atoms with Crippen molar-refractivity contribution >= 4 is 57.5 Å². The van der Waals surface area contributed by atoms with Crippen LogP contribution >= 0.6 is 23.2 Å². The number of hydrogen-bond acceptors (Lipinski definition) is 9. The fourth-order valence-corrected chi connectivity index (χ4v) is 6.27. The van der Waals surface area contributed by atoms with Gasteiger partial charge < -0.3 is 15.2 Å². The number of nitrogens with one attached hydrogen (secondary N) is 1. The lowest BCUT2D eigenvalue weighted by molar-refractivity contribution is -0.306. The molecule has 0 bridgehead atoms. The van der Waals surface area contributed by atoms with Gasteiger partial charge in [-0.3, -0.25) is 15.1 Å². The predicted octanol–water partition coefficient (Wildman–Crippen LogP) is 5.74. The van der Waals surface area contributed by atoms with Crippen LogP contribution in [0.25, 0.3) is 10.9 Å². The van der Waals surface area contributed by atoms with Crippen LogP contribution in [0.15, 0.2) is 84.9 Å². The van der Waals surface area contributed by atoms with E-state index >= 15 is 0 Å². The average Bonchev–Trinajstić information content (AvgIpc) is 3.18. The number of nitrogens with zero attached hydrogens (tertiary/aromatic N) is 2. The molecule has 1 spiro atoms. The Kier molecular flexibility index (Phi) is 8.61. The Morgan fingerprint density at radius 2 is 1.69 bits per heavy atom. The Bertz CT molecular complexity index is 1810. The van der Waals surface area contributed by atoms with Crippen LogP contribution in [0.1, 0.15) is 46.4 Å². The summed E-state index contributed by atoms with van der Waals surface area (Å²) in [5.74, 6) is -3.93. The average molecular weight is 646 g/mol. The van der Waals surface area contributed by atoms with E-state index in [0.717, 1.165) is 17.7 Å². The molecular weight excluding hydrogens is 615 g/mol. The third-order valence-corrected chi connectivity index (χ3v) is 8.92. The highest BCUT2D eigenvalue weighted by Crippen LogP contribution is 2.45. The smallest absolute Gasteiger partial charge is 0.354 e. The van der Waals surface area contributed by atoms with E-state index < -0.39 is 24.0 Å². The minimum atomic E-state index is -2.07. The molecule has 2 aliphatic rings. The molecule has 3 aromatic carbocycles. The molecule has 2 unspecified atom stereocenters. The maximum atomic E-state index is 13.3. The second-order valence-electron chi connectivity index (χ2n) is 11.1. The van der Waals surface area contributed by atoms with Gasteiger partial charge in [0.1, 0.15) is 0 Å². The minimum absolute atomic E-state index is 0.0478. The summed E-state index contributed by atoms with van der Waals surface area (Å²) < 4.78 is 12.1. The molecule has 230 valence electrons. The fraction of sp³-hybridized carbons (Fsp3) is 0.235. The van der Waals surface area contributed by atoms with Crippen LogP contribution in [0.5, 0.6) is 0 Å². The first-order valence-corrected chi connectivity index (χ1v) is 15.3. The van der Waals surface area contributed by atoms with Crippen LogP contribution < -0.4 is 11.1 Å². The van der Waals surface area contributed by atoms with E-state index in [1.807, 2.05) is 43.3 Å². The quantitative estimate of drug-likeness (QED) is 0.182. The molecule has 0 saturated carbocycles. The van der Waals surface area contributed by atoms with Gasteiger partial charge in [-0.15, -0.1) is 0 Å². The van der Waals surface area contributed by atoms with Gasteiger partial charge in [0, 0.05) is 36.1 Å². The lowest BCUT2D eigenvalue weighted by Crippen LogP contribution is -2.63. The third kappa shape index (κ3) is 6.04. The molecule has 3 heterocycles. The van der Waals surface area contributed by atoms with Crippen LogP contribution in [-0.2, 0) is 31.4 Å². The van der Waals surface area contributed by atoms with Crippen LogP contribution in [0, 0.1) is 0 Å². The van der Waals surface area contributed by atoms with Gasteiger partial charge in [-0.25, -0.2) is 14.5 Å². The lowest BCUT2D eigenvalue weighted by atomic mass is 9.92. The molecule has 9 nitrogen and oxygen atoms in total. The van der Waals surface area contributed by atoms with Gasteiger partial charge in [0.15, 0.2) is 5.78 Å². The lowest BCUT2D eigenvalue weighted by Gasteiger charge is -2.48. The molecule has 0 radical (unpaired) electrons. The summed E-state index contributed by atoms with van der Waals surface area (Å²) in [4.78, 5) is 46.0. The maximum absolute atomic E-state index is 13.3. The van der Waals surface area contributed by atoms with Crippen LogP contribution in [0.3, 0.4) is 0 Å². The van der Waals surface area contributed by atoms with Gasteiger partial charge in [0.2, 0.25) is 0 Å². The Morgan fingerprint density at radius 3 is 2.40 bits per heavy atom. The number of Topliss-reactive ketones (excluding diaryl/α,β-unsaturated/α-hetero) is 1. The van der Waals surface area contributed by atoms with Crippen molar-refractivity contribution in [1.29, 1.82) is 0 Å². The van der Waals surface area contributed by atoms with Crippen LogP contribution in [0.2, 0.25) is 10.0 Å². The number of ketones is 1. The number of nitrogens with two attached hydrogens (primary N) is 1. The summed E-state index contributed by atoms with van der Waals surface area (Å²) in [5, 5.41) is 4.84. The molecule has 4 aromatic rings. The summed E-state index contributed by atoms with van der Waals surface area (Å²) >= 11 is 12.5. The molecule has 3 N–H and O–H groups in total. The zero-order valence-corrected chi connectivity index (χ0v) is 25.8. The van der Waals surface area contributed by atoms with Gasteiger partial charge in [0.05, 0.1) is 45.2 Å². The number of halogens is 2. The number of pyridine rings is 1. The van der Waals surface area contributed by atoms with E-state index in [0.29, 0.717) is 45.0 Å². The summed E-state index contributed by atoms with van der Waals surface area (Å²) in [6, 6.07) is 21.7. The highest BCUT2D eigenvalue weighted by Gasteiger charge is 2.55. The molecule has 1 aromatic heterocycles. The second-order valence-corrected chi connectivity index (χ2v) is 11.9. The molecule has 0 aliphatic carbocycles. The van der Waals surface area contributed by atoms with Crippen molar-refractivity contribution in [2.45, 2.75) is 37.8 Å². The fourth-order valence-electron chi connectivity index (χ4n) is 5.97. The predicted molar refractivity (Wildman–Crippen MR) is 172 cm³/mol. The zero-order valence-electron chi connectivity index (χ0n) is 24.3. The van der Waals surface area contributed by atoms with Crippen molar-refractivity contribution < 1.29 is 23.9 Å². The SMILES string of the molecule is CC(CC(NCC(=O)c1ccccc1)N1CCc2nc3ccccc3c(N)c2C12OC(=O)C=CC(=O)O2)c1ccc(Cl)c(Cl)c1. The topological polar surface area (TPSA) is 124 Å². The number of rotatable bonds is 8. The summed E-state index contributed by atoms with van der Waals surface area (Å²) in [6.07, 6.45) is 2.17. The third-order valence-electron chi connectivity index (χ3n) is 8.18. The van der Waals surface area contributed by atoms with Crippen molar-refractivity contribution in [1.82, 2.24) is 15.2 Å². The molecule has 45 heavy (non-hydrogen) atoms. The van der Waals surface area contributed by atoms with Crippen molar-refractivity contribution in [3.8, 4) is 0 Å². The van der Waals surface area contributed by atoms with E-state index in [4.69, 9.17) is 43.4 Å². The summed E-state index contributed by atoms with van der Waals surface area (Å²) in [6.45, 7) is 2.21. The Hall–Kier alpha value is -4.28. The zero-order chi connectivity index (χ0) is 31.7. The van der Waals surface area contributed by atoms with Crippen molar-refractivity contribution in [3.05, 3.63) is 117 Å². The number of carbonyl (C=O) groups excluding carboxylic acids is 3. The van der Waals surface area contributed by atoms with Crippen LogP contribution in [0.4, 0.5) is 5.69 Å². The van der Waals surface area contributed by atoms with Gasteiger partial charge in [-0.2, -0.15) is 0 Å². The minimum Gasteiger partial charge on any atom is -0.401 e. The highest BCUT2D eigenvalue weighted by atomic mass is 35.5. The summed E-state index contributed by atoms with van der Waals surface area (Å²) in [7, 11) is 0. The van der Waals surface area contributed by atoms with Gasteiger partial charge >= 0.3 is 17.8 Å². The van der Waals surface area contributed by atoms with Gasteiger partial charge in [-0.05, 0) is 36.1 Å². The number of para-hydroxylation sites is 1. The number of ether oxygens (including phenoxy) is 2. The molecule has 0 amide bonds. The highest BCUT2D eigenvalue weighted by molar-refractivity contribution is 6.42. The monoisotopic (exact) mass is 644 g/mol. The van der Waals surface area contributed by atoms with E-state index in [2.05, 4.69) is 5.32 Å². The standard InChI is InChI=1S/C34H30Cl2N4O5/c1-20(22-11-12-24(35)25(36)18-22)17-29(38-19-28(41)21-7-3-2-4-8-21)40-16-15-27-32(33(37)23-9-5-6-10-26(23)39-27)34(40)44-30(42)13-14-31(43)45-34/h2-14,18,20,29,38H,15-17,19H2,1H3,(H2,37,39). The number of nitrogen functional groups attached to an aromatic ring is 1. The Morgan fingerprint density at radius 1 is 1.00 bits per heavy atom. The first-order valence-electron chi connectivity index (χ1n) is 14.5. The number of benzene rings is 3. The normalized spacial score (nSPS) is 17.3. The molecular formula is C34H30Cl2N4O5. The largest absolute Gasteiger partial charge is 0.401 e. The molecule has 0 saturated heterocycles. The molecule has 2 aliphatic heterocycles. The number of aromatic nitrogens is 1. The first-order chi connectivity index (χ1) is 21.7. The van der Waals surface area contributed by atoms with Crippen molar-refractivity contribution in [2.24, 2.45) is 0 Å². The van der Waals surface area contributed by atoms with E-state index in [9.17, 15) is 14.4 Å². The number of hydrogen-bond donors (Lipinski definition) is 2. The molecule has 0 fully saturated rings. The number of fused-ring (bicyclic) bond motifs is 3. The Labute approximate surface area is 269 Å². The number of anilines is 1. The van der Waals surface area contributed by atoms with E-state index in [-0.39, 0.29) is 36.0 Å². The number of carbonyl (C=O) groups is 3. The summed E-state index contributed by atoms with van der Waals surface area (Å²) in [5.41, 5.74) is 10.0. The number of esters is 2. The van der Waals surface area contributed by atoms with E-state index in [1.165, 1.54) is 0 Å². The van der Waals surface area contributed by atoms with Crippen LogP contribution in [-0.4, -0.2) is 46.9 Å². The van der Waals surface area contributed by atoms with Gasteiger partial charge in [-0.1, -0.05) is 84.7 Å². The van der Waals surface area contributed by atoms with Crippen molar-refractivity contribution in [2.75, 3.05) is 18.8 Å². The molecule has 2 atom stereocenters. The molecule has 6 rings (SSSR count). The van der Waals surface area contributed by atoms with Crippen molar-refractivity contribution in [3.63, 3.8) is 0 Å². The first kappa shape index (κ1) is 30.7. The van der Waals surface area contributed by atoms with Gasteiger partial charge in [0.25, 0.3) is 0 Å². The maximum Gasteiger partial charge on any atom is 0.354 e. The Balaban J connectivity index is 1.46.